The molecule has 0 saturated heterocycles. The summed E-state index contributed by atoms with van der Waals surface area (Å²) in [5, 5.41) is 0. The Morgan fingerprint density at radius 3 is 2.67 bits per heavy atom. The molecule has 0 atom stereocenters. The van der Waals surface area contributed by atoms with Crippen molar-refractivity contribution in [2.24, 2.45) is 0 Å². The first-order chi connectivity index (χ1) is 5.54. The number of halogens is 1. The Morgan fingerprint density at radius 1 is 1.50 bits per heavy atom. The number of hydrogen-bond donors (Lipinski definition) is 0. The quantitative estimate of drug-likeness (QED) is 0.478. The largest absolute Gasteiger partial charge is 0.333 e. The minimum atomic E-state index is -4.69. The fraction of sp³-hybridized carbons (Fsp3) is 0. The van der Waals surface area contributed by atoms with E-state index in [1.807, 2.05) is 0 Å². The monoisotopic (exact) mass is 185 g/mol. The van der Waals surface area contributed by atoms with Crippen LogP contribution >= 0.6 is 0 Å². The van der Waals surface area contributed by atoms with E-state index in [1.54, 1.807) is 0 Å². The van der Waals surface area contributed by atoms with Gasteiger partial charge in [0.15, 0.2) is 0 Å². The molecule has 0 spiro atoms. The molecule has 1 heterocycles. The Morgan fingerprint density at radius 2 is 2.17 bits per heavy atom. The van der Waals surface area contributed by atoms with Crippen LogP contribution in [-0.2, 0) is 10.2 Å². The lowest BCUT2D eigenvalue weighted by atomic mass is 10.3. The molecule has 0 aliphatic rings. The van der Waals surface area contributed by atoms with E-state index in [1.165, 1.54) is 6.20 Å². The third kappa shape index (κ3) is 1.80. The van der Waals surface area contributed by atoms with Gasteiger partial charge in [-0.25, -0.2) is 0 Å². The van der Waals surface area contributed by atoms with Crippen molar-refractivity contribution in [2.75, 3.05) is 0 Å². The third-order valence-corrected chi connectivity index (χ3v) is 1.95. The van der Waals surface area contributed by atoms with Crippen LogP contribution in [-0.4, -0.2) is 13.4 Å². The Hall–Kier alpha value is -1.41. The molecule has 0 radical (unpaired) electrons. The smallest absolute Gasteiger partial charge is 0.262 e. The Balaban J connectivity index is 3.32. The Bertz CT molecular complexity index is 433. The highest BCUT2D eigenvalue weighted by Gasteiger charge is 2.11. The van der Waals surface area contributed by atoms with Crippen LogP contribution in [0.15, 0.2) is 23.4 Å². The van der Waals surface area contributed by atoms with Gasteiger partial charge < -0.3 is 0 Å². The molecular weight excluding hydrogens is 181 g/mol. The van der Waals surface area contributed by atoms with Gasteiger partial charge in [0.1, 0.15) is 4.90 Å². The molecule has 1 rings (SSSR count). The average Bonchev–Trinajstić information content (AvgIpc) is 2.03. The van der Waals surface area contributed by atoms with Gasteiger partial charge in [0.05, 0.1) is 0 Å². The topological polar surface area (TPSA) is 47.0 Å². The van der Waals surface area contributed by atoms with Crippen molar-refractivity contribution in [1.29, 1.82) is 0 Å². The Labute approximate surface area is 69.5 Å². The highest BCUT2D eigenvalue weighted by Crippen LogP contribution is 2.11. The lowest BCUT2D eigenvalue weighted by molar-refractivity contribution is 0.551. The zero-order valence-electron chi connectivity index (χ0n) is 5.86. The van der Waals surface area contributed by atoms with Crippen molar-refractivity contribution >= 4 is 10.2 Å². The maximum Gasteiger partial charge on any atom is 0.333 e. The third-order valence-electron chi connectivity index (χ3n) is 1.16. The van der Waals surface area contributed by atoms with Crippen molar-refractivity contribution < 1.29 is 12.3 Å². The Kier molecular flexibility index (Phi) is 2.11. The van der Waals surface area contributed by atoms with E-state index < -0.39 is 15.1 Å². The number of rotatable bonds is 1. The summed E-state index contributed by atoms with van der Waals surface area (Å²) in [6.45, 7) is 0. The van der Waals surface area contributed by atoms with E-state index in [0.29, 0.717) is 0 Å². The summed E-state index contributed by atoms with van der Waals surface area (Å²) in [6, 6.07) is 1.04. The van der Waals surface area contributed by atoms with Gasteiger partial charge in [0.2, 0.25) is 0 Å². The highest BCUT2D eigenvalue weighted by atomic mass is 32.3. The van der Waals surface area contributed by atoms with Crippen LogP contribution < -0.4 is 0 Å². The van der Waals surface area contributed by atoms with Crippen LogP contribution in [0.3, 0.4) is 0 Å². The van der Waals surface area contributed by atoms with Gasteiger partial charge in [-0.05, 0) is 6.07 Å². The van der Waals surface area contributed by atoms with Crippen LogP contribution in [0.4, 0.5) is 3.89 Å². The summed E-state index contributed by atoms with van der Waals surface area (Å²) in [4.78, 5) is 2.94. The van der Waals surface area contributed by atoms with Crippen LogP contribution in [0.2, 0.25) is 0 Å². The summed E-state index contributed by atoms with van der Waals surface area (Å²) < 4.78 is 33.0. The standard InChI is InChI=1S/C7H4FNO2S/c1-2-6-3-7(5-9-4-6)12(8,10)11/h1,3-5H. The molecule has 1 aromatic rings. The summed E-state index contributed by atoms with van der Waals surface area (Å²) in [7, 11) is -4.69. The van der Waals surface area contributed by atoms with Gasteiger partial charge in [-0.15, -0.1) is 10.3 Å². The zero-order valence-corrected chi connectivity index (χ0v) is 6.68. The van der Waals surface area contributed by atoms with Crippen molar-refractivity contribution in [3.63, 3.8) is 0 Å². The molecule has 12 heavy (non-hydrogen) atoms. The maximum absolute atomic E-state index is 12.3. The van der Waals surface area contributed by atoms with Gasteiger partial charge >= 0.3 is 10.2 Å². The first-order valence-corrected chi connectivity index (χ1v) is 4.29. The van der Waals surface area contributed by atoms with E-state index in [2.05, 4.69) is 10.9 Å². The minimum absolute atomic E-state index is 0.230. The maximum atomic E-state index is 12.3. The van der Waals surface area contributed by atoms with E-state index in [0.717, 1.165) is 12.3 Å². The fourth-order valence-electron chi connectivity index (χ4n) is 0.631. The summed E-state index contributed by atoms with van der Waals surface area (Å²) in [5.74, 6) is 2.15. The molecule has 5 heteroatoms. The first kappa shape index (κ1) is 8.68. The summed E-state index contributed by atoms with van der Waals surface area (Å²) in [5.41, 5.74) is 0.230. The lowest BCUT2D eigenvalue weighted by Gasteiger charge is -1.93. The fourth-order valence-corrected chi connectivity index (χ4v) is 1.09. The predicted octanol–water partition coefficient (Wildman–Crippen LogP) is 0.721. The second-order valence-corrected chi connectivity index (χ2v) is 3.34. The minimum Gasteiger partial charge on any atom is -0.262 e. The average molecular weight is 185 g/mol. The second-order valence-electron chi connectivity index (χ2n) is 1.99. The van der Waals surface area contributed by atoms with Crippen molar-refractivity contribution in [1.82, 2.24) is 4.98 Å². The van der Waals surface area contributed by atoms with E-state index in [4.69, 9.17) is 6.42 Å². The molecule has 0 unspecified atom stereocenters. The molecule has 0 bridgehead atoms. The normalized spacial score (nSPS) is 10.7. The van der Waals surface area contributed by atoms with Gasteiger partial charge in [-0.3, -0.25) is 4.98 Å². The molecule has 3 nitrogen and oxygen atoms in total. The van der Waals surface area contributed by atoms with E-state index in [9.17, 15) is 12.3 Å². The molecule has 0 N–H and O–H groups in total. The van der Waals surface area contributed by atoms with Crippen molar-refractivity contribution in [3.8, 4) is 12.3 Å². The number of hydrogen-bond acceptors (Lipinski definition) is 3. The number of pyridine rings is 1. The molecule has 0 aliphatic heterocycles. The van der Waals surface area contributed by atoms with Crippen LogP contribution in [0, 0.1) is 12.3 Å². The molecule has 0 fully saturated rings. The molecule has 0 aliphatic carbocycles. The number of nitrogens with zero attached hydrogens (tertiary/aromatic N) is 1. The van der Waals surface area contributed by atoms with Crippen LogP contribution in [0.25, 0.3) is 0 Å². The zero-order chi connectivity index (χ0) is 9.19. The molecule has 1 aromatic heterocycles. The van der Waals surface area contributed by atoms with Crippen LogP contribution in [0.1, 0.15) is 5.56 Å². The predicted molar refractivity (Wildman–Crippen MR) is 40.5 cm³/mol. The molecular formula is C7H4FNO2S. The first-order valence-electron chi connectivity index (χ1n) is 2.90. The SMILES string of the molecule is C#Cc1cncc(S(=O)(=O)F)c1. The van der Waals surface area contributed by atoms with E-state index >= 15 is 0 Å². The summed E-state index contributed by atoms with van der Waals surface area (Å²) >= 11 is 0. The van der Waals surface area contributed by atoms with Gasteiger partial charge in [0.25, 0.3) is 0 Å². The van der Waals surface area contributed by atoms with Gasteiger partial charge in [-0.1, -0.05) is 5.92 Å². The number of aromatic nitrogens is 1. The number of terminal acetylenes is 1. The van der Waals surface area contributed by atoms with Gasteiger partial charge in [0, 0.05) is 18.0 Å². The molecule has 0 aromatic carbocycles. The van der Waals surface area contributed by atoms with Crippen LogP contribution in [0.5, 0.6) is 0 Å². The molecule has 0 saturated carbocycles. The van der Waals surface area contributed by atoms with Crippen molar-refractivity contribution in [2.45, 2.75) is 4.90 Å². The van der Waals surface area contributed by atoms with E-state index in [-0.39, 0.29) is 5.56 Å². The highest BCUT2D eigenvalue weighted by molar-refractivity contribution is 7.86. The lowest BCUT2D eigenvalue weighted by Crippen LogP contribution is -1.93. The molecule has 62 valence electrons. The molecule has 0 amide bonds. The second kappa shape index (κ2) is 2.91. The van der Waals surface area contributed by atoms with Gasteiger partial charge in [-0.2, -0.15) is 8.42 Å². The van der Waals surface area contributed by atoms with Crippen molar-refractivity contribution in [3.05, 3.63) is 24.0 Å². The summed E-state index contributed by atoms with van der Waals surface area (Å²) in [6.07, 6.45) is 7.13.